The van der Waals surface area contributed by atoms with Crippen LogP contribution in [0.5, 0.6) is 0 Å². The van der Waals surface area contributed by atoms with Crippen LogP contribution in [0.4, 0.5) is 0 Å². The van der Waals surface area contributed by atoms with Crippen LogP contribution >= 0.6 is 0 Å². The number of rotatable bonds is 1. The summed E-state index contributed by atoms with van der Waals surface area (Å²) in [7, 11) is 1.30. The molecule has 4 heteroatoms. The molecule has 14 heavy (non-hydrogen) atoms. The van der Waals surface area contributed by atoms with E-state index in [0.717, 1.165) is 5.56 Å². The number of ether oxygens (including phenoxy) is 1. The van der Waals surface area contributed by atoms with Gasteiger partial charge in [-0.05, 0) is 18.6 Å². The van der Waals surface area contributed by atoms with Crippen molar-refractivity contribution in [1.29, 1.82) is 0 Å². The zero-order valence-electron chi connectivity index (χ0n) is 7.90. The molecule has 0 saturated heterocycles. The molecule has 1 aromatic heterocycles. The van der Waals surface area contributed by atoms with Crippen molar-refractivity contribution in [3.05, 3.63) is 29.7 Å². The van der Waals surface area contributed by atoms with Gasteiger partial charge in [0, 0.05) is 0 Å². The molecular weight excluding hydrogens is 182 g/mol. The molecule has 2 aromatic rings. The summed E-state index contributed by atoms with van der Waals surface area (Å²) in [5.74, 6) is -0.558. The summed E-state index contributed by atoms with van der Waals surface area (Å²) in [6, 6.07) is 5.53. The zero-order valence-corrected chi connectivity index (χ0v) is 7.90. The van der Waals surface area contributed by atoms with Crippen molar-refractivity contribution in [2.75, 3.05) is 7.11 Å². The molecule has 0 atom stereocenters. The van der Waals surface area contributed by atoms with Gasteiger partial charge in [-0.15, -0.1) is 0 Å². The van der Waals surface area contributed by atoms with Gasteiger partial charge in [0.2, 0.25) is 0 Å². The van der Waals surface area contributed by atoms with Crippen molar-refractivity contribution in [3.8, 4) is 0 Å². The molecule has 0 unspecified atom stereocenters. The fourth-order valence-corrected chi connectivity index (χ4v) is 1.26. The number of methoxy groups -OCH3 is 1. The second kappa shape index (κ2) is 3.14. The van der Waals surface area contributed by atoms with Gasteiger partial charge in [0.1, 0.15) is 5.52 Å². The van der Waals surface area contributed by atoms with E-state index in [1.165, 1.54) is 7.11 Å². The van der Waals surface area contributed by atoms with Crippen LogP contribution in [-0.2, 0) is 4.74 Å². The third-order valence-electron chi connectivity index (χ3n) is 1.98. The molecule has 1 aromatic carbocycles. The first-order valence-corrected chi connectivity index (χ1v) is 4.17. The van der Waals surface area contributed by atoms with E-state index in [9.17, 15) is 4.79 Å². The van der Waals surface area contributed by atoms with Gasteiger partial charge in [-0.2, -0.15) is 0 Å². The molecule has 0 N–H and O–H groups in total. The number of aryl methyl sites for hydroxylation is 1. The smallest absolute Gasteiger partial charge is 0.394 e. The van der Waals surface area contributed by atoms with Crippen LogP contribution in [0.1, 0.15) is 16.2 Å². The Balaban J connectivity index is 2.62. The van der Waals surface area contributed by atoms with E-state index in [0.29, 0.717) is 11.1 Å². The van der Waals surface area contributed by atoms with Crippen LogP contribution in [0.25, 0.3) is 11.1 Å². The van der Waals surface area contributed by atoms with Gasteiger partial charge in [0.25, 0.3) is 0 Å². The number of oxazole rings is 1. The van der Waals surface area contributed by atoms with Crippen molar-refractivity contribution in [2.45, 2.75) is 6.92 Å². The van der Waals surface area contributed by atoms with E-state index >= 15 is 0 Å². The lowest BCUT2D eigenvalue weighted by Gasteiger charge is -1.88. The first kappa shape index (κ1) is 8.74. The summed E-state index contributed by atoms with van der Waals surface area (Å²) < 4.78 is 9.73. The Hall–Kier alpha value is -1.84. The molecule has 0 spiro atoms. The maximum Gasteiger partial charge on any atom is 0.394 e. The normalized spacial score (nSPS) is 10.4. The average molecular weight is 191 g/mol. The van der Waals surface area contributed by atoms with Crippen molar-refractivity contribution in [2.24, 2.45) is 0 Å². The molecule has 0 fully saturated rings. The van der Waals surface area contributed by atoms with Gasteiger partial charge in [-0.1, -0.05) is 12.1 Å². The number of para-hydroxylation sites is 1. The third kappa shape index (κ3) is 1.25. The highest BCUT2D eigenvalue weighted by molar-refractivity contribution is 5.88. The second-order valence-electron chi connectivity index (χ2n) is 2.93. The SMILES string of the molecule is COC(=O)c1nc2c(C)cccc2o1. The van der Waals surface area contributed by atoms with Gasteiger partial charge in [-0.25, -0.2) is 9.78 Å². The maximum absolute atomic E-state index is 11.1. The lowest BCUT2D eigenvalue weighted by Crippen LogP contribution is -2.00. The minimum atomic E-state index is -0.555. The molecule has 0 amide bonds. The minimum Gasteiger partial charge on any atom is -0.462 e. The number of benzene rings is 1. The first-order chi connectivity index (χ1) is 6.72. The lowest BCUT2D eigenvalue weighted by atomic mass is 10.2. The van der Waals surface area contributed by atoms with Crippen LogP contribution < -0.4 is 0 Å². The van der Waals surface area contributed by atoms with Crippen LogP contribution in [0.2, 0.25) is 0 Å². The van der Waals surface area contributed by atoms with E-state index in [2.05, 4.69) is 9.72 Å². The molecule has 0 aliphatic carbocycles. The van der Waals surface area contributed by atoms with E-state index in [-0.39, 0.29) is 5.89 Å². The largest absolute Gasteiger partial charge is 0.462 e. The van der Waals surface area contributed by atoms with Gasteiger partial charge in [0.05, 0.1) is 7.11 Å². The molecule has 4 nitrogen and oxygen atoms in total. The molecule has 0 saturated carbocycles. The van der Waals surface area contributed by atoms with Gasteiger partial charge in [-0.3, -0.25) is 0 Å². The summed E-state index contributed by atoms with van der Waals surface area (Å²) in [6.07, 6.45) is 0. The quantitative estimate of drug-likeness (QED) is 0.646. The van der Waals surface area contributed by atoms with Crippen LogP contribution in [-0.4, -0.2) is 18.1 Å². The Labute approximate surface area is 80.5 Å². The molecule has 2 rings (SSSR count). The molecule has 0 aliphatic heterocycles. The molecule has 72 valence electrons. The average Bonchev–Trinajstić information content (AvgIpc) is 2.62. The molecule has 1 heterocycles. The number of fused-ring (bicyclic) bond motifs is 1. The Morgan fingerprint density at radius 2 is 2.29 bits per heavy atom. The fraction of sp³-hybridized carbons (Fsp3) is 0.200. The van der Waals surface area contributed by atoms with Gasteiger partial charge in [0.15, 0.2) is 5.58 Å². The van der Waals surface area contributed by atoms with Crippen molar-refractivity contribution < 1.29 is 13.9 Å². The van der Waals surface area contributed by atoms with E-state index in [4.69, 9.17) is 4.42 Å². The Kier molecular flexibility index (Phi) is 1.96. The predicted octanol–water partition coefficient (Wildman–Crippen LogP) is 1.92. The number of hydrogen-bond acceptors (Lipinski definition) is 4. The Morgan fingerprint density at radius 1 is 1.50 bits per heavy atom. The zero-order chi connectivity index (χ0) is 10.1. The maximum atomic E-state index is 11.1. The number of nitrogens with zero attached hydrogens (tertiary/aromatic N) is 1. The topological polar surface area (TPSA) is 52.3 Å². The molecule has 0 aliphatic rings. The van der Waals surface area contributed by atoms with Crippen LogP contribution in [0.15, 0.2) is 22.6 Å². The van der Waals surface area contributed by atoms with E-state index < -0.39 is 5.97 Å². The summed E-state index contributed by atoms with van der Waals surface area (Å²) >= 11 is 0. The van der Waals surface area contributed by atoms with Crippen LogP contribution in [0, 0.1) is 6.92 Å². The molecule has 0 radical (unpaired) electrons. The minimum absolute atomic E-state index is 0.00296. The van der Waals surface area contributed by atoms with Crippen molar-refractivity contribution >= 4 is 17.1 Å². The Bertz CT molecular complexity index is 487. The summed E-state index contributed by atoms with van der Waals surface area (Å²) in [6.45, 7) is 1.91. The summed E-state index contributed by atoms with van der Waals surface area (Å²) in [5, 5.41) is 0. The number of aromatic nitrogens is 1. The fourth-order valence-electron chi connectivity index (χ4n) is 1.26. The first-order valence-electron chi connectivity index (χ1n) is 4.17. The van der Waals surface area contributed by atoms with Crippen LogP contribution in [0.3, 0.4) is 0 Å². The molecule has 0 bridgehead atoms. The lowest BCUT2D eigenvalue weighted by molar-refractivity contribution is 0.0559. The van der Waals surface area contributed by atoms with E-state index in [1.54, 1.807) is 6.07 Å². The molecular formula is C10H9NO3. The standard InChI is InChI=1S/C10H9NO3/c1-6-4-3-5-7-8(6)11-9(14-7)10(12)13-2/h3-5H,1-2H3. The highest BCUT2D eigenvalue weighted by Crippen LogP contribution is 2.18. The predicted molar refractivity (Wildman–Crippen MR) is 50.1 cm³/mol. The summed E-state index contributed by atoms with van der Waals surface area (Å²) in [4.78, 5) is 15.2. The van der Waals surface area contributed by atoms with Gasteiger partial charge >= 0.3 is 11.9 Å². The second-order valence-corrected chi connectivity index (χ2v) is 2.93. The highest BCUT2D eigenvalue weighted by atomic mass is 16.5. The van der Waals surface area contributed by atoms with Crippen molar-refractivity contribution in [3.63, 3.8) is 0 Å². The third-order valence-corrected chi connectivity index (χ3v) is 1.98. The number of carbonyl (C=O) groups excluding carboxylic acids is 1. The highest BCUT2D eigenvalue weighted by Gasteiger charge is 2.14. The number of esters is 1. The number of carbonyl (C=O) groups is 1. The Morgan fingerprint density at radius 3 is 2.93 bits per heavy atom. The number of hydrogen-bond donors (Lipinski definition) is 0. The summed E-state index contributed by atoms with van der Waals surface area (Å²) in [5.41, 5.74) is 2.28. The van der Waals surface area contributed by atoms with Gasteiger partial charge < -0.3 is 9.15 Å². The van der Waals surface area contributed by atoms with Crippen molar-refractivity contribution in [1.82, 2.24) is 4.98 Å². The van der Waals surface area contributed by atoms with E-state index in [1.807, 2.05) is 19.1 Å². The monoisotopic (exact) mass is 191 g/mol.